The smallest absolute Gasteiger partial charge is 0.160 e. The normalized spacial score (nSPS) is 10.7. The third-order valence-corrected chi connectivity index (χ3v) is 3.60. The highest BCUT2D eigenvalue weighted by molar-refractivity contribution is 9.10. The van der Waals surface area contributed by atoms with Crippen LogP contribution in [0.3, 0.4) is 0 Å². The quantitative estimate of drug-likeness (QED) is 0.937. The fraction of sp³-hybridized carbons (Fsp3) is 0.250. The summed E-state index contributed by atoms with van der Waals surface area (Å²) < 4.78 is 7.88. The number of nitrogens with zero attached hydrogens (tertiary/aromatic N) is 2. The van der Waals surface area contributed by atoms with Gasteiger partial charge < -0.3 is 10.5 Å². The summed E-state index contributed by atoms with van der Waals surface area (Å²) in [7, 11) is 1.83. The summed E-state index contributed by atoms with van der Waals surface area (Å²) in [6.45, 7) is 2.50. The van der Waals surface area contributed by atoms with Gasteiger partial charge in [-0.15, -0.1) is 0 Å². The van der Waals surface area contributed by atoms with E-state index in [1.54, 1.807) is 4.68 Å². The number of rotatable bonds is 3. The predicted molar refractivity (Wildman–Crippen MR) is 76.9 cm³/mol. The number of nitrogens with two attached hydrogens (primary N) is 1. The number of hydrogen-bond acceptors (Lipinski definition) is 3. The largest absolute Gasteiger partial charge is 0.492 e. The molecule has 0 spiro atoms. The molecule has 0 amide bonds. The Balaban J connectivity index is 2.49. The van der Waals surface area contributed by atoms with Gasteiger partial charge in [0.2, 0.25) is 0 Å². The molecular formula is C12H13BrClN3O. The lowest BCUT2D eigenvalue weighted by molar-refractivity contribution is 0.340. The molecule has 0 bridgehead atoms. The lowest BCUT2D eigenvalue weighted by Gasteiger charge is -2.08. The van der Waals surface area contributed by atoms with Gasteiger partial charge in [0.05, 0.1) is 21.8 Å². The van der Waals surface area contributed by atoms with Crippen LogP contribution in [0.1, 0.15) is 6.92 Å². The second-order valence-corrected chi connectivity index (χ2v) is 4.95. The number of benzene rings is 1. The molecule has 1 aromatic heterocycles. The van der Waals surface area contributed by atoms with Gasteiger partial charge in [-0.2, -0.15) is 5.10 Å². The Hall–Kier alpha value is -1.20. The molecule has 1 aromatic carbocycles. The van der Waals surface area contributed by atoms with E-state index in [-0.39, 0.29) is 0 Å². The summed E-state index contributed by atoms with van der Waals surface area (Å²) in [6, 6.07) is 5.61. The zero-order valence-corrected chi connectivity index (χ0v) is 12.4. The van der Waals surface area contributed by atoms with Crippen LogP contribution in [0.25, 0.3) is 11.3 Å². The SMILES string of the molecule is CCOc1ccc(-c2c(Br)c(N)nn2C)cc1Cl. The first kappa shape index (κ1) is 13.2. The van der Waals surface area contributed by atoms with Crippen molar-refractivity contribution >= 4 is 33.3 Å². The Bertz CT molecular complexity index is 583. The molecule has 0 radical (unpaired) electrons. The highest BCUT2D eigenvalue weighted by atomic mass is 79.9. The zero-order chi connectivity index (χ0) is 13.3. The van der Waals surface area contributed by atoms with Gasteiger partial charge >= 0.3 is 0 Å². The van der Waals surface area contributed by atoms with E-state index in [4.69, 9.17) is 22.1 Å². The molecule has 0 fully saturated rings. The fourth-order valence-electron chi connectivity index (χ4n) is 1.75. The van der Waals surface area contributed by atoms with Crippen molar-refractivity contribution in [1.82, 2.24) is 9.78 Å². The van der Waals surface area contributed by atoms with Crippen LogP contribution in [0.4, 0.5) is 5.82 Å². The van der Waals surface area contributed by atoms with Gasteiger partial charge in [0.25, 0.3) is 0 Å². The summed E-state index contributed by atoms with van der Waals surface area (Å²) in [5.41, 5.74) is 7.58. The molecule has 2 N–H and O–H groups in total. The van der Waals surface area contributed by atoms with E-state index in [9.17, 15) is 0 Å². The van der Waals surface area contributed by atoms with Gasteiger partial charge in [0.15, 0.2) is 5.82 Å². The summed E-state index contributed by atoms with van der Waals surface area (Å²) in [4.78, 5) is 0. The van der Waals surface area contributed by atoms with Gasteiger partial charge in [-0.05, 0) is 41.1 Å². The van der Waals surface area contributed by atoms with E-state index >= 15 is 0 Å². The molecular weight excluding hydrogens is 318 g/mol. The van der Waals surface area contributed by atoms with E-state index in [1.807, 2.05) is 32.2 Å². The molecule has 6 heteroatoms. The molecule has 0 aliphatic carbocycles. The van der Waals surface area contributed by atoms with Crippen LogP contribution >= 0.6 is 27.5 Å². The molecule has 2 aromatic rings. The number of nitrogen functional groups attached to an aromatic ring is 1. The number of anilines is 1. The standard InChI is InChI=1S/C12H13BrClN3O/c1-3-18-9-5-4-7(6-8(9)14)11-10(13)12(15)16-17(11)2/h4-6H,3H2,1-2H3,(H2,15,16). The monoisotopic (exact) mass is 329 g/mol. The minimum atomic E-state index is 0.456. The van der Waals surface area contributed by atoms with Crippen LogP contribution in [0.5, 0.6) is 5.75 Å². The van der Waals surface area contributed by atoms with Gasteiger partial charge in [-0.25, -0.2) is 0 Å². The minimum Gasteiger partial charge on any atom is -0.492 e. The fourth-order valence-corrected chi connectivity index (χ4v) is 2.55. The molecule has 0 unspecified atom stereocenters. The first-order chi connectivity index (χ1) is 8.54. The van der Waals surface area contributed by atoms with Crippen molar-refractivity contribution in [2.24, 2.45) is 7.05 Å². The molecule has 0 saturated carbocycles. The van der Waals surface area contributed by atoms with E-state index in [0.717, 1.165) is 15.7 Å². The molecule has 1 heterocycles. The van der Waals surface area contributed by atoms with Crippen molar-refractivity contribution < 1.29 is 4.74 Å². The maximum absolute atomic E-state index is 6.17. The molecule has 18 heavy (non-hydrogen) atoms. The second kappa shape index (κ2) is 5.20. The van der Waals surface area contributed by atoms with Crippen molar-refractivity contribution in [3.05, 3.63) is 27.7 Å². The number of aryl methyl sites for hydroxylation is 1. The van der Waals surface area contributed by atoms with Crippen molar-refractivity contribution in [3.8, 4) is 17.0 Å². The third-order valence-electron chi connectivity index (χ3n) is 2.52. The van der Waals surface area contributed by atoms with Crippen molar-refractivity contribution in [3.63, 3.8) is 0 Å². The van der Waals surface area contributed by atoms with Gasteiger partial charge in [-0.1, -0.05) is 11.6 Å². The Morgan fingerprint density at radius 2 is 2.22 bits per heavy atom. The van der Waals surface area contributed by atoms with E-state index < -0.39 is 0 Å². The lowest BCUT2D eigenvalue weighted by Crippen LogP contribution is -1.96. The molecule has 4 nitrogen and oxygen atoms in total. The van der Waals surface area contributed by atoms with Gasteiger partial charge in [0.1, 0.15) is 5.75 Å². The average Bonchev–Trinajstić information content (AvgIpc) is 2.56. The van der Waals surface area contributed by atoms with Crippen molar-refractivity contribution in [2.45, 2.75) is 6.92 Å². The van der Waals surface area contributed by atoms with Crippen LogP contribution in [-0.2, 0) is 7.05 Å². The summed E-state index contributed by atoms with van der Waals surface area (Å²) in [6.07, 6.45) is 0. The Kier molecular flexibility index (Phi) is 3.82. The van der Waals surface area contributed by atoms with Gasteiger partial charge in [-0.3, -0.25) is 4.68 Å². The lowest BCUT2D eigenvalue weighted by atomic mass is 10.1. The van der Waals surface area contributed by atoms with Crippen LogP contribution in [-0.4, -0.2) is 16.4 Å². The van der Waals surface area contributed by atoms with Crippen LogP contribution in [0.2, 0.25) is 5.02 Å². The van der Waals surface area contributed by atoms with E-state index in [0.29, 0.717) is 23.2 Å². The predicted octanol–water partition coefficient (Wildman–Crippen LogP) is 3.48. The second-order valence-electron chi connectivity index (χ2n) is 3.75. The summed E-state index contributed by atoms with van der Waals surface area (Å²) >= 11 is 9.60. The summed E-state index contributed by atoms with van der Waals surface area (Å²) in [5.74, 6) is 1.13. The maximum Gasteiger partial charge on any atom is 0.160 e. The van der Waals surface area contributed by atoms with Crippen LogP contribution < -0.4 is 10.5 Å². The number of hydrogen-bond donors (Lipinski definition) is 1. The first-order valence-corrected chi connectivity index (χ1v) is 6.62. The number of halogens is 2. The highest BCUT2D eigenvalue weighted by Crippen LogP contribution is 2.35. The Morgan fingerprint density at radius 3 is 2.72 bits per heavy atom. The third kappa shape index (κ3) is 2.33. The van der Waals surface area contributed by atoms with Gasteiger partial charge in [0, 0.05) is 12.6 Å². The number of ether oxygens (including phenoxy) is 1. The Morgan fingerprint density at radius 1 is 1.50 bits per heavy atom. The molecule has 96 valence electrons. The molecule has 0 aliphatic heterocycles. The zero-order valence-electron chi connectivity index (χ0n) is 10.1. The Labute approximate surface area is 119 Å². The average molecular weight is 331 g/mol. The first-order valence-electron chi connectivity index (χ1n) is 5.45. The topological polar surface area (TPSA) is 53.1 Å². The van der Waals surface area contributed by atoms with Crippen LogP contribution in [0, 0.1) is 0 Å². The highest BCUT2D eigenvalue weighted by Gasteiger charge is 2.14. The summed E-state index contributed by atoms with van der Waals surface area (Å²) in [5, 5.41) is 4.72. The van der Waals surface area contributed by atoms with Crippen LogP contribution in [0.15, 0.2) is 22.7 Å². The molecule has 0 aliphatic rings. The molecule has 0 saturated heterocycles. The van der Waals surface area contributed by atoms with E-state index in [2.05, 4.69) is 21.0 Å². The molecule has 2 rings (SSSR count). The molecule has 0 atom stereocenters. The maximum atomic E-state index is 6.17. The minimum absolute atomic E-state index is 0.456. The van der Waals surface area contributed by atoms with E-state index in [1.165, 1.54) is 0 Å². The van der Waals surface area contributed by atoms with Crippen molar-refractivity contribution in [2.75, 3.05) is 12.3 Å². The number of aromatic nitrogens is 2. The van der Waals surface area contributed by atoms with Crippen molar-refractivity contribution in [1.29, 1.82) is 0 Å².